The minimum atomic E-state index is -0.604. The maximum atomic E-state index is 12.3. The summed E-state index contributed by atoms with van der Waals surface area (Å²) in [5, 5.41) is 11.2. The van der Waals surface area contributed by atoms with Gasteiger partial charge >= 0.3 is 5.97 Å². The topological polar surface area (TPSA) is 69.0 Å². The number of carbonyl (C=O) groups is 1. The SMILES string of the molecule is CCOC(=O)C1(c2nnc(NC)n2C)CCCC1. The van der Waals surface area contributed by atoms with Gasteiger partial charge in [-0.25, -0.2) is 0 Å². The van der Waals surface area contributed by atoms with Crippen LogP contribution >= 0.6 is 0 Å². The van der Waals surface area contributed by atoms with E-state index in [1.54, 1.807) is 7.05 Å². The number of carbonyl (C=O) groups excluding carboxylic acids is 1. The van der Waals surface area contributed by atoms with Crippen molar-refractivity contribution in [2.45, 2.75) is 38.0 Å². The van der Waals surface area contributed by atoms with Gasteiger partial charge in [0.2, 0.25) is 5.95 Å². The van der Waals surface area contributed by atoms with Crippen molar-refractivity contribution < 1.29 is 9.53 Å². The second-order valence-electron chi connectivity index (χ2n) is 4.67. The monoisotopic (exact) mass is 252 g/mol. The smallest absolute Gasteiger partial charge is 0.319 e. The van der Waals surface area contributed by atoms with Crippen LogP contribution in [0.2, 0.25) is 0 Å². The number of esters is 1. The van der Waals surface area contributed by atoms with Crippen LogP contribution in [0, 0.1) is 0 Å². The van der Waals surface area contributed by atoms with E-state index >= 15 is 0 Å². The van der Waals surface area contributed by atoms with Gasteiger partial charge in [-0.15, -0.1) is 10.2 Å². The zero-order valence-electron chi connectivity index (χ0n) is 11.2. The van der Waals surface area contributed by atoms with Gasteiger partial charge in [0.05, 0.1) is 6.61 Å². The fourth-order valence-electron chi connectivity index (χ4n) is 2.73. The summed E-state index contributed by atoms with van der Waals surface area (Å²) in [6, 6.07) is 0. The van der Waals surface area contributed by atoms with Crippen LogP contribution < -0.4 is 5.32 Å². The van der Waals surface area contributed by atoms with Gasteiger partial charge in [-0.05, 0) is 19.8 Å². The van der Waals surface area contributed by atoms with E-state index in [1.165, 1.54) is 0 Å². The molecular formula is C12H20N4O2. The summed E-state index contributed by atoms with van der Waals surface area (Å²) in [5.74, 6) is 1.21. The lowest BCUT2D eigenvalue weighted by Crippen LogP contribution is -2.37. The van der Waals surface area contributed by atoms with E-state index in [0.717, 1.165) is 25.7 Å². The van der Waals surface area contributed by atoms with E-state index in [2.05, 4.69) is 15.5 Å². The largest absolute Gasteiger partial charge is 0.465 e. The van der Waals surface area contributed by atoms with Gasteiger partial charge in [-0.1, -0.05) is 12.8 Å². The van der Waals surface area contributed by atoms with Crippen molar-refractivity contribution >= 4 is 11.9 Å². The quantitative estimate of drug-likeness (QED) is 0.816. The van der Waals surface area contributed by atoms with Crippen LogP contribution in [0.15, 0.2) is 0 Å². The Balaban J connectivity index is 2.40. The summed E-state index contributed by atoms with van der Waals surface area (Å²) in [7, 11) is 3.67. The summed E-state index contributed by atoms with van der Waals surface area (Å²) in [6.45, 7) is 2.23. The van der Waals surface area contributed by atoms with Crippen LogP contribution in [-0.2, 0) is 22.0 Å². The van der Waals surface area contributed by atoms with Crippen molar-refractivity contribution in [1.29, 1.82) is 0 Å². The first kappa shape index (κ1) is 12.9. The van der Waals surface area contributed by atoms with Crippen molar-refractivity contribution in [3.05, 3.63) is 5.82 Å². The number of aromatic nitrogens is 3. The predicted molar refractivity (Wildman–Crippen MR) is 67.3 cm³/mol. The molecule has 0 aliphatic heterocycles. The molecule has 0 spiro atoms. The summed E-state index contributed by atoms with van der Waals surface area (Å²) in [6.07, 6.45) is 3.64. The van der Waals surface area contributed by atoms with Gasteiger partial charge < -0.3 is 10.1 Å². The second kappa shape index (κ2) is 4.96. The summed E-state index contributed by atoms with van der Waals surface area (Å²) in [5.41, 5.74) is -0.604. The van der Waals surface area contributed by atoms with Gasteiger partial charge in [-0.3, -0.25) is 9.36 Å². The second-order valence-corrected chi connectivity index (χ2v) is 4.67. The van der Waals surface area contributed by atoms with Crippen LogP contribution in [0.25, 0.3) is 0 Å². The van der Waals surface area contributed by atoms with E-state index < -0.39 is 5.41 Å². The Hall–Kier alpha value is -1.59. The zero-order valence-corrected chi connectivity index (χ0v) is 11.2. The number of anilines is 1. The number of rotatable bonds is 4. The third-order valence-corrected chi connectivity index (χ3v) is 3.65. The standard InChI is InChI=1S/C12H20N4O2/c1-4-18-10(17)12(7-5-6-8-12)9-14-15-11(13-2)16(9)3/h4-8H2,1-3H3,(H,13,15). The molecule has 0 atom stereocenters. The summed E-state index contributed by atoms with van der Waals surface area (Å²) < 4.78 is 7.09. The highest BCUT2D eigenvalue weighted by Gasteiger charge is 2.48. The molecular weight excluding hydrogens is 232 g/mol. The molecule has 1 heterocycles. The molecule has 1 aliphatic rings. The molecule has 0 radical (unpaired) electrons. The molecule has 2 rings (SSSR count). The highest BCUT2D eigenvalue weighted by Crippen LogP contribution is 2.41. The minimum Gasteiger partial charge on any atom is -0.465 e. The van der Waals surface area contributed by atoms with Crippen molar-refractivity contribution in [1.82, 2.24) is 14.8 Å². The molecule has 100 valence electrons. The predicted octanol–water partition coefficient (Wildman–Crippen LogP) is 1.23. The molecule has 1 aromatic rings. The average molecular weight is 252 g/mol. The molecule has 1 aromatic heterocycles. The molecule has 0 unspecified atom stereocenters. The molecule has 0 saturated heterocycles. The van der Waals surface area contributed by atoms with Gasteiger partial charge in [0.25, 0.3) is 0 Å². The van der Waals surface area contributed by atoms with Crippen LogP contribution in [0.1, 0.15) is 38.4 Å². The molecule has 0 amide bonds. The van der Waals surface area contributed by atoms with Crippen LogP contribution in [0.3, 0.4) is 0 Å². The maximum Gasteiger partial charge on any atom is 0.319 e. The number of nitrogens with one attached hydrogen (secondary N) is 1. The Kier molecular flexibility index (Phi) is 3.54. The third-order valence-electron chi connectivity index (χ3n) is 3.65. The van der Waals surface area contributed by atoms with Crippen molar-refractivity contribution in [2.75, 3.05) is 19.0 Å². The molecule has 1 fully saturated rings. The van der Waals surface area contributed by atoms with Crippen LogP contribution in [0.5, 0.6) is 0 Å². The fraction of sp³-hybridized carbons (Fsp3) is 0.750. The first-order chi connectivity index (χ1) is 8.65. The van der Waals surface area contributed by atoms with Gasteiger partial charge in [-0.2, -0.15) is 0 Å². The van der Waals surface area contributed by atoms with E-state index in [-0.39, 0.29) is 5.97 Å². The molecule has 0 aromatic carbocycles. The Morgan fingerprint density at radius 1 is 1.44 bits per heavy atom. The number of ether oxygens (including phenoxy) is 1. The lowest BCUT2D eigenvalue weighted by atomic mass is 9.85. The minimum absolute atomic E-state index is 0.166. The normalized spacial score (nSPS) is 17.7. The van der Waals surface area contributed by atoms with E-state index in [9.17, 15) is 4.79 Å². The van der Waals surface area contributed by atoms with E-state index in [0.29, 0.717) is 18.4 Å². The molecule has 1 aliphatic carbocycles. The molecule has 0 bridgehead atoms. The average Bonchev–Trinajstić information content (AvgIpc) is 2.96. The number of hydrogen-bond acceptors (Lipinski definition) is 5. The number of nitrogens with zero attached hydrogens (tertiary/aromatic N) is 3. The maximum absolute atomic E-state index is 12.3. The molecule has 6 nitrogen and oxygen atoms in total. The van der Waals surface area contributed by atoms with E-state index in [4.69, 9.17) is 4.74 Å². The fourth-order valence-corrected chi connectivity index (χ4v) is 2.73. The third kappa shape index (κ3) is 1.85. The van der Waals surface area contributed by atoms with Gasteiger partial charge in [0.15, 0.2) is 5.82 Å². The van der Waals surface area contributed by atoms with Crippen molar-refractivity contribution in [3.8, 4) is 0 Å². The Morgan fingerprint density at radius 2 is 2.11 bits per heavy atom. The Labute approximate surface area is 107 Å². The summed E-state index contributed by atoms with van der Waals surface area (Å²) in [4.78, 5) is 12.3. The molecule has 1 N–H and O–H groups in total. The van der Waals surface area contributed by atoms with Crippen molar-refractivity contribution in [3.63, 3.8) is 0 Å². The Morgan fingerprint density at radius 3 is 2.61 bits per heavy atom. The molecule has 18 heavy (non-hydrogen) atoms. The first-order valence-electron chi connectivity index (χ1n) is 6.40. The highest BCUT2D eigenvalue weighted by molar-refractivity contribution is 5.82. The lowest BCUT2D eigenvalue weighted by Gasteiger charge is -2.25. The molecule has 6 heteroatoms. The Bertz CT molecular complexity index is 435. The van der Waals surface area contributed by atoms with Gasteiger partial charge in [0, 0.05) is 14.1 Å². The zero-order chi connectivity index (χ0) is 13.2. The lowest BCUT2D eigenvalue weighted by molar-refractivity contribution is -0.150. The summed E-state index contributed by atoms with van der Waals surface area (Å²) >= 11 is 0. The van der Waals surface area contributed by atoms with Crippen LogP contribution in [0.4, 0.5) is 5.95 Å². The van der Waals surface area contributed by atoms with E-state index in [1.807, 2.05) is 18.5 Å². The molecule has 1 saturated carbocycles. The van der Waals surface area contributed by atoms with Crippen LogP contribution in [-0.4, -0.2) is 34.4 Å². The van der Waals surface area contributed by atoms with Crippen molar-refractivity contribution in [2.24, 2.45) is 7.05 Å². The highest BCUT2D eigenvalue weighted by atomic mass is 16.5. The number of hydrogen-bond donors (Lipinski definition) is 1. The first-order valence-corrected chi connectivity index (χ1v) is 6.40. The van der Waals surface area contributed by atoms with Gasteiger partial charge in [0.1, 0.15) is 5.41 Å².